The SMILES string of the molecule is COc1ccccc1N(CCCN)c1ncncc1I. The van der Waals surface area contributed by atoms with Crippen molar-refractivity contribution in [3.63, 3.8) is 0 Å². The van der Waals surface area contributed by atoms with Gasteiger partial charge in [-0.25, -0.2) is 9.97 Å². The second-order valence-electron chi connectivity index (χ2n) is 4.16. The van der Waals surface area contributed by atoms with Crippen molar-refractivity contribution in [1.82, 2.24) is 9.97 Å². The van der Waals surface area contributed by atoms with Crippen LogP contribution in [0.25, 0.3) is 0 Å². The van der Waals surface area contributed by atoms with Crippen LogP contribution in [0.5, 0.6) is 5.75 Å². The number of rotatable bonds is 6. The number of hydrogen-bond donors (Lipinski definition) is 1. The fraction of sp³-hybridized carbons (Fsp3) is 0.286. The first-order valence-corrected chi connectivity index (χ1v) is 7.42. The third-order valence-corrected chi connectivity index (χ3v) is 3.63. The Bertz CT molecular complexity index is 564. The second kappa shape index (κ2) is 7.39. The number of aromatic nitrogens is 2. The summed E-state index contributed by atoms with van der Waals surface area (Å²) in [6.45, 7) is 1.41. The van der Waals surface area contributed by atoms with Gasteiger partial charge in [0.25, 0.3) is 0 Å². The highest BCUT2D eigenvalue weighted by atomic mass is 127. The van der Waals surface area contributed by atoms with Gasteiger partial charge in [0, 0.05) is 12.7 Å². The van der Waals surface area contributed by atoms with Crippen molar-refractivity contribution in [2.75, 3.05) is 25.1 Å². The summed E-state index contributed by atoms with van der Waals surface area (Å²) in [7, 11) is 1.67. The van der Waals surface area contributed by atoms with Crippen LogP contribution in [0.15, 0.2) is 36.8 Å². The van der Waals surface area contributed by atoms with Gasteiger partial charge in [0.2, 0.25) is 0 Å². The summed E-state index contributed by atoms with van der Waals surface area (Å²) in [5.41, 5.74) is 6.64. The summed E-state index contributed by atoms with van der Waals surface area (Å²) in [4.78, 5) is 10.6. The Balaban J connectivity index is 2.44. The van der Waals surface area contributed by atoms with Gasteiger partial charge in [0.15, 0.2) is 0 Å². The lowest BCUT2D eigenvalue weighted by Crippen LogP contribution is -2.23. The molecule has 0 atom stereocenters. The van der Waals surface area contributed by atoms with E-state index in [0.29, 0.717) is 6.54 Å². The molecule has 0 bridgehead atoms. The number of para-hydroxylation sites is 2. The van der Waals surface area contributed by atoms with Crippen molar-refractivity contribution < 1.29 is 4.74 Å². The minimum absolute atomic E-state index is 0.632. The summed E-state index contributed by atoms with van der Waals surface area (Å²) in [5.74, 6) is 1.69. The lowest BCUT2D eigenvalue weighted by molar-refractivity contribution is 0.415. The topological polar surface area (TPSA) is 64.3 Å². The molecular weight excluding hydrogens is 367 g/mol. The van der Waals surface area contributed by atoms with Gasteiger partial charge < -0.3 is 15.4 Å². The van der Waals surface area contributed by atoms with E-state index in [1.54, 1.807) is 19.6 Å². The smallest absolute Gasteiger partial charge is 0.149 e. The van der Waals surface area contributed by atoms with E-state index in [1.807, 2.05) is 24.3 Å². The molecule has 0 amide bonds. The number of methoxy groups -OCH3 is 1. The predicted molar refractivity (Wildman–Crippen MR) is 88.4 cm³/mol. The van der Waals surface area contributed by atoms with E-state index < -0.39 is 0 Å². The zero-order valence-corrected chi connectivity index (χ0v) is 13.4. The number of halogens is 1. The highest BCUT2D eigenvalue weighted by molar-refractivity contribution is 14.1. The molecule has 2 aromatic rings. The Morgan fingerprint density at radius 3 is 2.85 bits per heavy atom. The molecule has 0 fully saturated rings. The van der Waals surface area contributed by atoms with Gasteiger partial charge in [-0.1, -0.05) is 12.1 Å². The molecule has 106 valence electrons. The van der Waals surface area contributed by atoms with Crippen molar-refractivity contribution in [3.05, 3.63) is 40.4 Å². The highest BCUT2D eigenvalue weighted by Crippen LogP contribution is 2.34. The average molecular weight is 384 g/mol. The third-order valence-electron chi connectivity index (χ3n) is 2.87. The van der Waals surface area contributed by atoms with E-state index in [9.17, 15) is 0 Å². The Kier molecular flexibility index (Phi) is 5.54. The van der Waals surface area contributed by atoms with Gasteiger partial charge in [0.1, 0.15) is 17.9 Å². The van der Waals surface area contributed by atoms with Crippen LogP contribution >= 0.6 is 22.6 Å². The molecule has 5 nitrogen and oxygen atoms in total. The summed E-state index contributed by atoms with van der Waals surface area (Å²) < 4.78 is 6.44. The molecule has 0 spiro atoms. The lowest BCUT2D eigenvalue weighted by atomic mass is 10.2. The number of nitrogens with zero attached hydrogens (tertiary/aromatic N) is 3. The molecule has 0 aliphatic carbocycles. The van der Waals surface area contributed by atoms with Gasteiger partial charge in [-0.2, -0.15) is 0 Å². The first-order chi connectivity index (χ1) is 9.77. The molecule has 0 saturated carbocycles. The molecule has 0 aliphatic rings. The quantitative estimate of drug-likeness (QED) is 0.776. The molecule has 0 aliphatic heterocycles. The van der Waals surface area contributed by atoms with Gasteiger partial charge in [-0.3, -0.25) is 0 Å². The maximum Gasteiger partial charge on any atom is 0.149 e. The molecule has 0 saturated heterocycles. The summed E-state index contributed by atoms with van der Waals surface area (Å²) in [5, 5.41) is 0. The first kappa shape index (κ1) is 15.0. The predicted octanol–water partition coefficient (Wildman–Crippen LogP) is 2.58. The molecule has 6 heteroatoms. The Hall–Kier alpha value is -1.41. The van der Waals surface area contributed by atoms with Crippen LogP contribution in [-0.4, -0.2) is 30.2 Å². The molecule has 0 unspecified atom stereocenters. The largest absolute Gasteiger partial charge is 0.495 e. The van der Waals surface area contributed by atoms with Gasteiger partial charge in [-0.15, -0.1) is 0 Å². The van der Waals surface area contributed by atoms with Crippen LogP contribution in [0.3, 0.4) is 0 Å². The Labute approximate surface area is 132 Å². The van der Waals surface area contributed by atoms with E-state index in [1.165, 1.54) is 0 Å². The fourth-order valence-corrected chi connectivity index (χ4v) is 2.54. The van der Waals surface area contributed by atoms with E-state index in [4.69, 9.17) is 10.5 Å². The number of benzene rings is 1. The molecule has 20 heavy (non-hydrogen) atoms. The van der Waals surface area contributed by atoms with E-state index in [0.717, 1.165) is 33.8 Å². The second-order valence-corrected chi connectivity index (χ2v) is 5.32. The van der Waals surface area contributed by atoms with E-state index >= 15 is 0 Å². The maximum absolute atomic E-state index is 5.65. The summed E-state index contributed by atoms with van der Waals surface area (Å²) >= 11 is 2.24. The van der Waals surface area contributed by atoms with Crippen molar-refractivity contribution >= 4 is 34.1 Å². The van der Waals surface area contributed by atoms with Crippen LogP contribution in [0.2, 0.25) is 0 Å². The Morgan fingerprint density at radius 1 is 1.35 bits per heavy atom. The molecular formula is C14H17IN4O. The number of hydrogen-bond acceptors (Lipinski definition) is 5. The third kappa shape index (κ3) is 3.37. The molecule has 0 radical (unpaired) electrons. The maximum atomic E-state index is 5.65. The van der Waals surface area contributed by atoms with Crippen molar-refractivity contribution in [2.24, 2.45) is 5.73 Å². The van der Waals surface area contributed by atoms with Gasteiger partial charge in [0.05, 0.1) is 16.4 Å². The molecule has 1 aromatic heterocycles. The zero-order valence-electron chi connectivity index (χ0n) is 11.3. The average Bonchev–Trinajstić information content (AvgIpc) is 2.49. The van der Waals surface area contributed by atoms with Crippen LogP contribution in [0.4, 0.5) is 11.5 Å². The highest BCUT2D eigenvalue weighted by Gasteiger charge is 2.17. The Morgan fingerprint density at radius 2 is 2.15 bits per heavy atom. The van der Waals surface area contributed by atoms with Crippen LogP contribution in [0.1, 0.15) is 6.42 Å². The molecule has 2 N–H and O–H groups in total. The van der Waals surface area contributed by atoms with E-state index in [2.05, 4.69) is 37.5 Å². The van der Waals surface area contributed by atoms with Crippen LogP contribution in [-0.2, 0) is 0 Å². The van der Waals surface area contributed by atoms with Crippen LogP contribution < -0.4 is 15.4 Å². The molecule has 2 rings (SSSR count). The standard InChI is InChI=1S/C14H17IN4O/c1-20-13-6-3-2-5-12(13)19(8-4-7-16)14-11(15)9-17-10-18-14/h2-3,5-6,9-10H,4,7-8,16H2,1H3. The number of ether oxygens (including phenoxy) is 1. The first-order valence-electron chi connectivity index (χ1n) is 6.34. The lowest BCUT2D eigenvalue weighted by Gasteiger charge is -2.26. The van der Waals surface area contributed by atoms with Crippen molar-refractivity contribution in [3.8, 4) is 5.75 Å². The normalized spacial score (nSPS) is 10.3. The van der Waals surface area contributed by atoms with Gasteiger partial charge >= 0.3 is 0 Å². The van der Waals surface area contributed by atoms with Crippen LogP contribution in [0, 0.1) is 3.57 Å². The van der Waals surface area contributed by atoms with E-state index in [-0.39, 0.29) is 0 Å². The minimum Gasteiger partial charge on any atom is -0.495 e. The minimum atomic E-state index is 0.632. The molecule has 1 heterocycles. The van der Waals surface area contributed by atoms with Gasteiger partial charge in [-0.05, 0) is 47.7 Å². The summed E-state index contributed by atoms with van der Waals surface area (Å²) in [6.07, 6.45) is 4.23. The molecule has 1 aromatic carbocycles. The van der Waals surface area contributed by atoms with Crippen molar-refractivity contribution in [1.29, 1.82) is 0 Å². The monoisotopic (exact) mass is 384 g/mol. The fourth-order valence-electron chi connectivity index (χ4n) is 1.95. The van der Waals surface area contributed by atoms with Crippen molar-refractivity contribution in [2.45, 2.75) is 6.42 Å². The zero-order chi connectivity index (χ0) is 14.4. The summed E-state index contributed by atoms with van der Waals surface area (Å²) in [6, 6.07) is 7.90. The number of anilines is 2. The number of nitrogens with two attached hydrogens (primary N) is 1.